The molecule has 130 valence electrons. The number of hydrogen-bond donors (Lipinski definition) is 0. The first kappa shape index (κ1) is 20.0. The summed E-state index contributed by atoms with van der Waals surface area (Å²) in [5.74, 6) is 6.67. The van der Waals surface area contributed by atoms with Crippen LogP contribution in [0.4, 0.5) is 0 Å². The van der Waals surface area contributed by atoms with E-state index < -0.39 is 0 Å². The second-order valence-electron chi connectivity index (χ2n) is 5.95. The van der Waals surface area contributed by atoms with Crippen LogP contribution in [0.25, 0.3) is 0 Å². The summed E-state index contributed by atoms with van der Waals surface area (Å²) in [6.07, 6.45) is 20.4. The zero-order valence-corrected chi connectivity index (χ0v) is 15.2. The predicted molar refractivity (Wildman–Crippen MR) is 102 cm³/mol. The van der Waals surface area contributed by atoms with Gasteiger partial charge in [0.15, 0.2) is 11.5 Å². The summed E-state index contributed by atoms with van der Waals surface area (Å²) in [5.41, 5.74) is 1.36. The maximum absolute atomic E-state index is 5.91. The van der Waals surface area contributed by atoms with Crippen LogP contribution in [0.2, 0.25) is 0 Å². The zero-order chi connectivity index (χ0) is 17.6. The topological polar surface area (TPSA) is 18.5 Å². The van der Waals surface area contributed by atoms with Gasteiger partial charge in [0.25, 0.3) is 0 Å². The number of hydrogen-bond acceptors (Lipinski definition) is 2. The molecule has 0 aliphatic rings. The van der Waals surface area contributed by atoms with Crippen LogP contribution >= 0.6 is 0 Å². The van der Waals surface area contributed by atoms with Crippen molar-refractivity contribution in [1.82, 2.24) is 0 Å². The number of benzene rings is 1. The summed E-state index contributed by atoms with van der Waals surface area (Å²) >= 11 is 0. The van der Waals surface area contributed by atoms with Crippen molar-refractivity contribution in [2.75, 3.05) is 13.2 Å². The van der Waals surface area contributed by atoms with Crippen LogP contribution in [0.1, 0.15) is 76.3 Å². The zero-order valence-electron chi connectivity index (χ0n) is 15.2. The molecule has 1 rings (SSSR count). The highest BCUT2D eigenvalue weighted by molar-refractivity contribution is 5.57. The number of unbranched alkanes of at least 4 members (excludes halogenated alkanes) is 6. The third-order valence-corrected chi connectivity index (χ3v) is 3.91. The van der Waals surface area contributed by atoms with Crippen LogP contribution in [0, 0.1) is 24.7 Å². The van der Waals surface area contributed by atoms with E-state index in [2.05, 4.69) is 25.7 Å². The van der Waals surface area contributed by atoms with Gasteiger partial charge >= 0.3 is 0 Å². The van der Waals surface area contributed by atoms with Gasteiger partial charge in [0.2, 0.25) is 0 Å². The van der Waals surface area contributed by atoms with Crippen molar-refractivity contribution in [3.63, 3.8) is 0 Å². The van der Waals surface area contributed by atoms with Gasteiger partial charge in [-0.2, -0.15) is 0 Å². The van der Waals surface area contributed by atoms with Crippen molar-refractivity contribution >= 4 is 0 Å². The highest BCUT2D eigenvalue weighted by Gasteiger charge is 2.10. The molecule has 0 amide bonds. The standard InChI is InChI=1S/C22H30O2/c1-5-9-11-13-15-23-21-17-19(7-3)20(8-4)18-22(21)24-16-14-12-10-6-2/h3-4,17-18H,5-6,9-16H2,1-2H3. The molecule has 0 spiro atoms. The molecule has 24 heavy (non-hydrogen) atoms. The van der Waals surface area contributed by atoms with Gasteiger partial charge in [-0.15, -0.1) is 12.8 Å². The molecular weight excluding hydrogens is 296 g/mol. The first-order chi connectivity index (χ1) is 11.8. The lowest BCUT2D eigenvalue weighted by atomic mass is 10.1. The molecule has 0 aromatic heterocycles. The Labute approximate surface area is 147 Å². The van der Waals surface area contributed by atoms with Gasteiger partial charge in [-0.1, -0.05) is 64.2 Å². The molecule has 2 heteroatoms. The first-order valence-electron chi connectivity index (χ1n) is 9.13. The predicted octanol–water partition coefficient (Wildman–Crippen LogP) is 5.57. The molecule has 2 nitrogen and oxygen atoms in total. The van der Waals surface area contributed by atoms with E-state index >= 15 is 0 Å². The van der Waals surface area contributed by atoms with Crippen LogP contribution < -0.4 is 9.47 Å². The summed E-state index contributed by atoms with van der Waals surface area (Å²) in [6.45, 7) is 5.74. The van der Waals surface area contributed by atoms with E-state index in [0.717, 1.165) is 12.8 Å². The fraction of sp³-hybridized carbons (Fsp3) is 0.545. The van der Waals surface area contributed by atoms with Crippen molar-refractivity contribution < 1.29 is 9.47 Å². The lowest BCUT2D eigenvalue weighted by molar-refractivity contribution is 0.258. The van der Waals surface area contributed by atoms with E-state index in [4.69, 9.17) is 22.3 Å². The fourth-order valence-corrected chi connectivity index (χ4v) is 2.45. The summed E-state index contributed by atoms with van der Waals surface area (Å²) in [4.78, 5) is 0. The normalized spacial score (nSPS) is 10.0. The van der Waals surface area contributed by atoms with Crippen molar-refractivity contribution in [3.05, 3.63) is 23.3 Å². The maximum atomic E-state index is 5.91. The second-order valence-corrected chi connectivity index (χ2v) is 5.95. The third kappa shape index (κ3) is 7.01. The lowest BCUT2D eigenvalue weighted by Gasteiger charge is -2.14. The minimum absolute atomic E-state index is 0.672. The van der Waals surface area contributed by atoms with Gasteiger partial charge in [0.1, 0.15) is 0 Å². The van der Waals surface area contributed by atoms with Crippen molar-refractivity contribution in [2.45, 2.75) is 65.2 Å². The molecule has 0 heterocycles. The lowest BCUT2D eigenvalue weighted by Crippen LogP contribution is -2.04. The highest BCUT2D eigenvalue weighted by atomic mass is 16.5. The average molecular weight is 326 g/mol. The van der Waals surface area contributed by atoms with Crippen LogP contribution in [-0.2, 0) is 0 Å². The number of rotatable bonds is 12. The Balaban J connectivity index is 2.73. The van der Waals surface area contributed by atoms with E-state index in [0.29, 0.717) is 35.8 Å². The molecule has 0 saturated heterocycles. The van der Waals surface area contributed by atoms with E-state index in [-0.39, 0.29) is 0 Å². The van der Waals surface area contributed by atoms with Gasteiger partial charge in [-0.3, -0.25) is 0 Å². The van der Waals surface area contributed by atoms with Crippen LogP contribution in [0.5, 0.6) is 11.5 Å². The molecule has 0 atom stereocenters. The molecule has 0 fully saturated rings. The SMILES string of the molecule is C#Cc1cc(OCCCCCC)c(OCCCCCC)cc1C#C. The van der Waals surface area contributed by atoms with Gasteiger partial charge in [-0.25, -0.2) is 0 Å². The Kier molecular flexibility index (Phi) is 10.3. The van der Waals surface area contributed by atoms with Crippen molar-refractivity contribution in [3.8, 4) is 36.2 Å². The van der Waals surface area contributed by atoms with E-state index in [1.54, 1.807) is 0 Å². The van der Waals surface area contributed by atoms with Gasteiger partial charge in [0, 0.05) is 23.3 Å². The maximum Gasteiger partial charge on any atom is 0.162 e. The summed E-state index contributed by atoms with van der Waals surface area (Å²) in [5, 5.41) is 0. The Morgan fingerprint density at radius 2 is 1.12 bits per heavy atom. The van der Waals surface area contributed by atoms with Gasteiger partial charge < -0.3 is 9.47 Å². The Morgan fingerprint density at radius 3 is 1.46 bits per heavy atom. The minimum atomic E-state index is 0.672. The summed E-state index contributed by atoms with van der Waals surface area (Å²) < 4.78 is 11.8. The average Bonchev–Trinajstić information content (AvgIpc) is 2.61. The number of terminal acetylenes is 2. The van der Waals surface area contributed by atoms with Gasteiger partial charge in [0.05, 0.1) is 13.2 Å². The van der Waals surface area contributed by atoms with Crippen LogP contribution in [-0.4, -0.2) is 13.2 Å². The van der Waals surface area contributed by atoms with Crippen LogP contribution in [0.3, 0.4) is 0 Å². The third-order valence-electron chi connectivity index (χ3n) is 3.91. The van der Waals surface area contributed by atoms with Crippen LogP contribution in [0.15, 0.2) is 12.1 Å². The van der Waals surface area contributed by atoms with Gasteiger partial charge in [-0.05, 0) is 12.8 Å². The fourth-order valence-electron chi connectivity index (χ4n) is 2.45. The molecule has 0 aliphatic carbocycles. The highest BCUT2D eigenvalue weighted by Crippen LogP contribution is 2.31. The van der Waals surface area contributed by atoms with E-state index in [1.165, 1.54) is 38.5 Å². The molecule has 0 aliphatic heterocycles. The largest absolute Gasteiger partial charge is 0.490 e. The minimum Gasteiger partial charge on any atom is -0.490 e. The smallest absolute Gasteiger partial charge is 0.162 e. The van der Waals surface area contributed by atoms with Crippen molar-refractivity contribution in [1.29, 1.82) is 0 Å². The molecule has 1 aromatic rings. The molecule has 0 bridgehead atoms. The Bertz CT molecular complexity index is 510. The summed E-state index contributed by atoms with van der Waals surface area (Å²) in [7, 11) is 0. The second kappa shape index (κ2) is 12.4. The molecule has 0 unspecified atom stereocenters. The molecule has 1 aromatic carbocycles. The molecular formula is C22H30O2. The number of ether oxygens (including phenoxy) is 2. The molecule has 0 saturated carbocycles. The molecule has 0 radical (unpaired) electrons. The Hall–Kier alpha value is -2.06. The molecule has 0 N–H and O–H groups in total. The summed E-state index contributed by atoms with van der Waals surface area (Å²) in [6, 6.07) is 3.66. The van der Waals surface area contributed by atoms with E-state index in [9.17, 15) is 0 Å². The van der Waals surface area contributed by atoms with Crippen molar-refractivity contribution in [2.24, 2.45) is 0 Å². The first-order valence-corrected chi connectivity index (χ1v) is 9.13. The quantitative estimate of drug-likeness (QED) is 0.369. The van der Waals surface area contributed by atoms with E-state index in [1.807, 2.05) is 12.1 Å². The Morgan fingerprint density at radius 1 is 0.708 bits per heavy atom. The monoisotopic (exact) mass is 326 g/mol.